The Bertz CT molecular complexity index is 1010. The van der Waals surface area contributed by atoms with Gasteiger partial charge in [-0.05, 0) is 47.0 Å². The maximum Gasteiger partial charge on any atom is 0.416 e. The molecule has 0 bridgehead atoms. The molecule has 0 radical (unpaired) electrons. The first-order chi connectivity index (χ1) is 13.8. The fourth-order valence-electron chi connectivity index (χ4n) is 2.91. The number of aliphatic hydroxyl groups excluding tert-OH is 1. The summed E-state index contributed by atoms with van der Waals surface area (Å²) in [5, 5.41) is 11.8. The van der Waals surface area contributed by atoms with Gasteiger partial charge in [-0.1, -0.05) is 36.4 Å². The highest BCUT2D eigenvalue weighted by molar-refractivity contribution is 6.00. The zero-order valence-electron chi connectivity index (χ0n) is 15.1. The number of carbonyl (C=O) groups excluding carboxylic acids is 1. The van der Waals surface area contributed by atoms with Gasteiger partial charge in [0.15, 0.2) is 0 Å². The standard InChI is InChI=1S/C22H17F4NO2/c23-20-10-5-14(11-16(20)13-28)12-27-21(29)19-4-2-1-3-18(19)15-6-8-17(9-7-15)22(24,25)26/h1-11,28H,12-13H2,(H,27,29). The molecule has 0 aliphatic rings. The molecule has 3 aromatic rings. The van der Waals surface area contributed by atoms with E-state index in [0.29, 0.717) is 22.3 Å². The van der Waals surface area contributed by atoms with Crippen molar-refractivity contribution in [2.45, 2.75) is 19.3 Å². The summed E-state index contributed by atoms with van der Waals surface area (Å²) in [7, 11) is 0. The lowest BCUT2D eigenvalue weighted by molar-refractivity contribution is -0.137. The van der Waals surface area contributed by atoms with E-state index in [1.807, 2.05) is 0 Å². The van der Waals surface area contributed by atoms with Crippen LogP contribution in [0.4, 0.5) is 17.6 Å². The summed E-state index contributed by atoms with van der Waals surface area (Å²) < 4.78 is 51.8. The highest BCUT2D eigenvalue weighted by Gasteiger charge is 2.30. The Hall–Kier alpha value is -3.19. The smallest absolute Gasteiger partial charge is 0.392 e. The molecular weight excluding hydrogens is 386 g/mol. The van der Waals surface area contributed by atoms with Crippen molar-refractivity contribution in [2.24, 2.45) is 0 Å². The first-order valence-corrected chi connectivity index (χ1v) is 8.72. The van der Waals surface area contributed by atoms with Crippen LogP contribution in [0.25, 0.3) is 11.1 Å². The fourth-order valence-corrected chi connectivity index (χ4v) is 2.91. The SMILES string of the molecule is O=C(NCc1ccc(F)c(CO)c1)c1ccccc1-c1ccc(C(F)(F)F)cc1. The molecule has 0 aromatic heterocycles. The molecule has 0 aliphatic heterocycles. The number of halogens is 4. The van der Waals surface area contributed by atoms with E-state index in [1.165, 1.54) is 30.3 Å². The predicted octanol–water partition coefficient (Wildman–Crippen LogP) is 4.93. The van der Waals surface area contributed by atoms with Crippen LogP contribution in [0, 0.1) is 5.82 Å². The summed E-state index contributed by atoms with van der Waals surface area (Å²) in [4.78, 5) is 12.6. The van der Waals surface area contributed by atoms with E-state index in [0.717, 1.165) is 12.1 Å². The van der Waals surface area contributed by atoms with Crippen LogP contribution in [0.2, 0.25) is 0 Å². The number of rotatable bonds is 5. The van der Waals surface area contributed by atoms with Gasteiger partial charge in [0.25, 0.3) is 5.91 Å². The molecule has 29 heavy (non-hydrogen) atoms. The molecule has 0 aliphatic carbocycles. The van der Waals surface area contributed by atoms with Gasteiger partial charge in [-0.2, -0.15) is 13.2 Å². The van der Waals surface area contributed by atoms with E-state index in [4.69, 9.17) is 5.11 Å². The van der Waals surface area contributed by atoms with Gasteiger partial charge in [0.2, 0.25) is 0 Å². The van der Waals surface area contributed by atoms with Gasteiger partial charge < -0.3 is 10.4 Å². The second kappa shape index (κ2) is 8.45. The lowest BCUT2D eigenvalue weighted by Gasteiger charge is -2.12. The van der Waals surface area contributed by atoms with Crippen molar-refractivity contribution in [3.8, 4) is 11.1 Å². The Kier molecular flexibility index (Phi) is 5.98. The Morgan fingerprint density at radius 1 is 0.966 bits per heavy atom. The summed E-state index contributed by atoms with van der Waals surface area (Å²) in [6.07, 6.45) is -4.43. The van der Waals surface area contributed by atoms with Gasteiger partial charge in [-0.3, -0.25) is 4.79 Å². The second-order valence-corrected chi connectivity index (χ2v) is 6.39. The average molecular weight is 403 g/mol. The minimum atomic E-state index is -4.43. The molecule has 0 saturated carbocycles. The summed E-state index contributed by atoms with van der Waals surface area (Å²) in [6.45, 7) is -0.349. The number of amides is 1. The van der Waals surface area contributed by atoms with Gasteiger partial charge in [0.05, 0.1) is 12.2 Å². The normalized spacial score (nSPS) is 11.3. The van der Waals surface area contributed by atoms with E-state index >= 15 is 0 Å². The van der Waals surface area contributed by atoms with Gasteiger partial charge in [0.1, 0.15) is 5.82 Å². The van der Waals surface area contributed by atoms with E-state index in [1.54, 1.807) is 24.3 Å². The maximum absolute atomic E-state index is 13.5. The first kappa shape index (κ1) is 20.5. The molecule has 3 aromatic carbocycles. The lowest BCUT2D eigenvalue weighted by atomic mass is 9.98. The van der Waals surface area contributed by atoms with Crippen LogP contribution in [0.1, 0.15) is 27.0 Å². The molecule has 2 N–H and O–H groups in total. The van der Waals surface area contributed by atoms with Gasteiger partial charge in [-0.25, -0.2) is 4.39 Å². The van der Waals surface area contributed by atoms with Crippen molar-refractivity contribution >= 4 is 5.91 Å². The monoisotopic (exact) mass is 403 g/mol. The molecule has 0 spiro atoms. The van der Waals surface area contributed by atoms with Crippen molar-refractivity contribution in [3.63, 3.8) is 0 Å². The molecule has 0 unspecified atom stereocenters. The molecule has 0 atom stereocenters. The van der Waals surface area contributed by atoms with Crippen LogP contribution in [-0.2, 0) is 19.3 Å². The topological polar surface area (TPSA) is 49.3 Å². The van der Waals surface area contributed by atoms with E-state index in [2.05, 4.69) is 5.32 Å². The van der Waals surface area contributed by atoms with Crippen LogP contribution in [0.3, 0.4) is 0 Å². The summed E-state index contributed by atoms with van der Waals surface area (Å²) in [6, 6.07) is 15.3. The van der Waals surface area contributed by atoms with Crippen LogP contribution >= 0.6 is 0 Å². The van der Waals surface area contributed by atoms with E-state index in [9.17, 15) is 22.4 Å². The zero-order valence-corrected chi connectivity index (χ0v) is 15.1. The number of hydrogen-bond acceptors (Lipinski definition) is 2. The Labute approximate surface area is 164 Å². The van der Waals surface area contributed by atoms with Crippen LogP contribution in [0.15, 0.2) is 66.7 Å². The molecule has 0 fully saturated rings. The number of aliphatic hydroxyl groups is 1. The van der Waals surface area contributed by atoms with Crippen molar-refractivity contribution in [1.82, 2.24) is 5.32 Å². The second-order valence-electron chi connectivity index (χ2n) is 6.39. The molecule has 1 amide bonds. The number of nitrogens with one attached hydrogen (secondary N) is 1. The zero-order chi connectivity index (χ0) is 21.0. The van der Waals surface area contributed by atoms with E-state index in [-0.39, 0.29) is 12.1 Å². The molecule has 0 saturated heterocycles. The number of alkyl halides is 3. The summed E-state index contributed by atoms with van der Waals surface area (Å²) in [5.74, 6) is -0.953. The summed E-state index contributed by atoms with van der Waals surface area (Å²) in [5.41, 5.74) is 1.25. The van der Waals surface area contributed by atoms with Crippen LogP contribution in [-0.4, -0.2) is 11.0 Å². The van der Waals surface area contributed by atoms with Gasteiger partial charge >= 0.3 is 6.18 Å². The maximum atomic E-state index is 13.5. The van der Waals surface area contributed by atoms with Crippen molar-refractivity contribution in [1.29, 1.82) is 0 Å². The highest BCUT2D eigenvalue weighted by atomic mass is 19.4. The molecule has 7 heteroatoms. The Balaban J connectivity index is 1.80. The summed E-state index contributed by atoms with van der Waals surface area (Å²) >= 11 is 0. The number of carbonyl (C=O) groups is 1. The average Bonchev–Trinajstić information content (AvgIpc) is 2.72. The van der Waals surface area contributed by atoms with Gasteiger partial charge in [-0.15, -0.1) is 0 Å². The fraction of sp³-hybridized carbons (Fsp3) is 0.136. The molecule has 3 nitrogen and oxygen atoms in total. The third-order valence-electron chi connectivity index (χ3n) is 4.43. The highest BCUT2D eigenvalue weighted by Crippen LogP contribution is 2.31. The van der Waals surface area contributed by atoms with Crippen LogP contribution < -0.4 is 5.32 Å². The third-order valence-corrected chi connectivity index (χ3v) is 4.43. The molecule has 0 heterocycles. The Morgan fingerprint density at radius 2 is 1.66 bits per heavy atom. The van der Waals surface area contributed by atoms with E-state index < -0.39 is 30.1 Å². The van der Waals surface area contributed by atoms with Gasteiger partial charge in [0, 0.05) is 17.7 Å². The quantitative estimate of drug-likeness (QED) is 0.594. The number of benzene rings is 3. The minimum Gasteiger partial charge on any atom is -0.392 e. The van der Waals surface area contributed by atoms with Crippen molar-refractivity contribution in [3.05, 3.63) is 94.8 Å². The van der Waals surface area contributed by atoms with Crippen molar-refractivity contribution in [2.75, 3.05) is 0 Å². The third kappa shape index (κ3) is 4.81. The predicted molar refractivity (Wildman–Crippen MR) is 100 cm³/mol. The van der Waals surface area contributed by atoms with Crippen LogP contribution in [0.5, 0.6) is 0 Å². The van der Waals surface area contributed by atoms with Crippen molar-refractivity contribution < 1.29 is 27.5 Å². The molecular formula is C22H17F4NO2. The Morgan fingerprint density at radius 3 is 2.31 bits per heavy atom. The minimum absolute atomic E-state index is 0.105. The molecule has 150 valence electrons. The largest absolute Gasteiger partial charge is 0.416 e. The number of hydrogen-bond donors (Lipinski definition) is 2. The molecule has 3 rings (SSSR count). The lowest BCUT2D eigenvalue weighted by Crippen LogP contribution is -2.23. The first-order valence-electron chi connectivity index (χ1n) is 8.72.